The molecule has 1 aliphatic carbocycles. The molecule has 0 aromatic heterocycles. The van der Waals surface area contributed by atoms with Gasteiger partial charge in [0.25, 0.3) is 0 Å². The van der Waals surface area contributed by atoms with E-state index >= 15 is 0 Å². The zero-order chi connectivity index (χ0) is 9.68. The Labute approximate surface area is 81.1 Å². The van der Waals surface area contributed by atoms with Crippen LogP contribution in [0.3, 0.4) is 0 Å². The molecule has 1 heteroatoms. The molecule has 0 aliphatic heterocycles. The predicted molar refractivity (Wildman–Crippen MR) is 58.3 cm³/mol. The summed E-state index contributed by atoms with van der Waals surface area (Å²) in [6, 6.07) is 0. The van der Waals surface area contributed by atoms with Crippen LogP contribution in [-0.2, 0) is 0 Å². The maximum absolute atomic E-state index is 7.94. The van der Waals surface area contributed by atoms with Crippen LogP contribution in [0.2, 0.25) is 0 Å². The molecule has 1 rings (SSSR count). The summed E-state index contributed by atoms with van der Waals surface area (Å²) < 4.78 is 0. The lowest BCUT2D eigenvalue weighted by atomic mass is 10.0. The Kier molecular flexibility index (Phi) is 3.94. The Hall–Kier alpha value is -0.850. The lowest BCUT2D eigenvalue weighted by Gasteiger charge is -2.05. The average Bonchev–Trinajstić information content (AvgIpc) is 2.94. The van der Waals surface area contributed by atoms with E-state index in [1.54, 1.807) is 0 Å². The van der Waals surface area contributed by atoms with Crippen LogP contribution in [0.1, 0.15) is 39.5 Å². The Bertz CT molecular complexity index is 232. The van der Waals surface area contributed by atoms with Gasteiger partial charge in [-0.05, 0) is 31.8 Å². The fourth-order valence-electron chi connectivity index (χ4n) is 1.42. The van der Waals surface area contributed by atoms with Crippen LogP contribution in [0, 0.1) is 11.3 Å². The van der Waals surface area contributed by atoms with Crippen LogP contribution in [0.4, 0.5) is 0 Å². The SMILES string of the molecule is C/C=C\C=C(\CCC)C(=N)C1CC1. The van der Waals surface area contributed by atoms with E-state index in [0.29, 0.717) is 5.92 Å². The molecule has 0 spiro atoms. The lowest BCUT2D eigenvalue weighted by Crippen LogP contribution is -2.03. The number of nitrogens with one attached hydrogen (secondary N) is 1. The Balaban J connectivity index is 2.59. The van der Waals surface area contributed by atoms with Gasteiger partial charge in [0.05, 0.1) is 0 Å². The molecule has 0 heterocycles. The molecule has 13 heavy (non-hydrogen) atoms. The summed E-state index contributed by atoms with van der Waals surface area (Å²) in [7, 11) is 0. The smallest absolute Gasteiger partial charge is 0.0376 e. The van der Waals surface area contributed by atoms with Crippen molar-refractivity contribution in [3.8, 4) is 0 Å². The molecule has 1 aliphatic rings. The van der Waals surface area contributed by atoms with Gasteiger partial charge in [0.2, 0.25) is 0 Å². The first-order valence-electron chi connectivity index (χ1n) is 5.20. The number of hydrogen-bond acceptors (Lipinski definition) is 1. The number of rotatable bonds is 5. The summed E-state index contributed by atoms with van der Waals surface area (Å²) in [5.41, 5.74) is 2.13. The normalized spacial score (nSPS) is 18.2. The van der Waals surface area contributed by atoms with Crippen molar-refractivity contribution in [1.82, 2.24) is 0 Å². The van der Waals surface area contributed by atoms with Crippen molar-refractivity contribution in [3.63, 3.8) is 0 Å². The molecule has 1 nitrogen and oxygen atoms in total. The topological polar surface area (TPSA) is 23.9 Å². The highest BCUT2D eigenvalue weighted by molar-refractivity contribution is 6.01. The molecule has 0 bridgehead atoms. The van der Waals surface area contributed by atoms with Crippen molar-refractivity contribution < 1.29 is 0 Å². The minimum atomic E-state index is 0.586. The summed E-state index contributed by atoms with van der Waals surface area (Å²) in [6.45, 7) is 4.19. The third-order valence-electron chi connectivity index (χ3n) is 2.34. The number of allylic oxidation sites excluding steroid dienone is 4. The molecule has 1 saturated carbocycles. The highest BCUT2D eigenvalue weighted by Gasteiger charge is 2.27. The van der Waals surface area contributed by atoms with Gasteiger partial charge in [-0.3, -0.25) is 0 Å². The zero-order valence-corrected chi connectivity index (χ0v) is 8.64. The maximum atomic E-state index is 7.94. The van der Waals surface area contributed by atoms with Crippen LogP contribution in [0.25, 0.3) is 0 Å². The molecule has 0 aromatic carbocycles. The standard InChI is InChI=1S/C12H19N/c1-3-5-7-10(6-4-2)12(13)11-8-9-11/h3,5,7,11,13H,4,6,8-9H2,1-2H3/b5-3-,10-7-,13-12?. The second kappa shape index (κ2) is 5.00. The van der Waals surface area contributed by atoms with Gasteiger partial charge in [0, 0.05) is 11.6 Å². The van der Waals surface area contributed by atoms with Crippen molar-refractivity contribution in [1.29, 1.82) is 5.41 Å². The van der Waals surface area contributed by atoms with Gasteiger partial charge in [-0.1, -0.05) is 31.6 Å². The van der Waals surface area contributed by atoms with E-state index in [2.05, 4.69) is 13.0 Å². The Morgan fingerprint density at radius 3 is 2.62 bits per heavy atom. The zero-order valence-electron chi connectivity index (χ0n) is 8.64. The molecule has 0 saturated heterocycles. The minimum Gasteiger partial charge on any atom is -0.305 e. The van der Waals surface area contributed by atoms with Crippen LogP contribution >= 0.6 is 0 Å². The van der Waals surface area contributed by atoms with Gasteiger partial charge >= 0.3 is 0 Å². The van der Waals surface area contributed by atoms with E-state index < -0.39 is 0 Å². The molecule has 0 unspecified atom stereocenters. The Morgan fingerprint density at radius 1 is 1.46 bits per heavy atom. The first-order chi connectivity index (χ1) is 6.29. The lowest BCUT2D eigenvalue weighted by molar-refractivity contribution is 0.922. The van der Waals surface area contributed by atoms with Gasteiger partial charge in [0.15, 0.2) is 0 Å². The highest BCUT2D eigenvalue weighted by atomic mass is 14.5. The van der Waals surface area contributed by atoms with Crippen LogP contribution in [0.15, 0.2) is 23.8 Å². The summed E-state index contributed by atoms with van der Waals surface area (Å²) >= 11 is 0. The molecule has 1 fully saturated rings. The van der Waals surface area contributed by atoms with Gasteiger partial charge in [-0.15, -0.1) is 0 Å². The predicted octanol–water partition coefficient (Wildman–Crippen LogP) is 3.72. The summed E-state index contributed by atoms with van der Waals surface area (Å²) in [4.78, 5) is 0. The van der Waals surface area contributed by atoms with Gasteiger partial charge in [0.1, 0.15) is 0 Å². The van der Waals surface area contributed by atoms with Crippen LogP contribution < -0.4 is 0 Å². The van der Waals surface area contributed by atoms with E-state index in [9.17, 15) is 0 Å². The second-order valence-corrected chi connectivity index (χ2v) is 3.66. The summed E-state index contributed by atoms with van der Waals surface area (Å²) in [5, 5.41) is 7.94. The van der Waals surface area contributed by atoms with E-state index in [-0.39, 0.29) is 0 Å². The van der Waals surface area contributed by atoms with Crippen molar-refractivity contribution in [2.75, 3.05) is 0 Å². The fraction of sp³-hybridized carbons (Fsp3) is 0.583. The third-order valence-corrected chi connectivity index (χ3v) is 2.34. The van der Waals surface area contributed by atoms with Crippen molar-refractivity contribution in [2.24, 2.45) is 5.92 Å². The minimum absolute atomic E-state index is 0.586. The average molecular weight is 177 g/mol. The fourth-order valence-corrected chi connectivity index (χ4v) is 1.42. The largest absolute Gasteiger partial charge is 0.305 e. The maximum Gasteiger partial charge on any atom is 0.0376 e. The van der Waals surface area contributed by atoms with E-state index in [1.807, 2.05) is 19.1 Å². The molecule has 0 atom stereocenters. The van der Waals surface area contributed by atoms with E-state index in [1.165, 1.54) is 18.4 Å². The highest BCUT2D eigenvalue weighted by Crippen LogP contribution is 2.33. The summed E-state index contributed by atoms with van der Waals surface area (Å²) in [6.07, 6.45) is 10.8. The second-order valence-electron chi connectivity index (χ2n) is 3.66. The molecule has 1 N–H and O–H groups in total. The van der Waals surface area contributed by atoms with Gasteiger partial charge in [-0.25, -0.2) is 0 Å². The molecule has 0 amide bonds. The van der Waals surface area contributed by atoms with E-state index in [0.717, 1.165) is 18.6 Å². The van der Waals surface area contributed by atoms with E-state index in [4.69, 9.17) is 5.41 Å². The quantitative estimate of drug-likeness (QED) is 0.489. The Morgan fingerprint density at radius 2 is 2.15 bits per heavy atom. The molecule has 72 valence electrons. The number of hydrogen-bond donors (Lipinski definition) is 1. The van der Waals surface area contributed by atoms with Crippen molar-refractivity contribution >= 4 is 5.71 Å². The monoisotopic (exact) mass is 177 g/mol. The first-order valence-corrected chi connectivity index (χ1v) is 5.20. The molecule has 0 aromatic rings. The van der Waals surface area contributed by atoms with Gasteiger partial charge < -0.3 is 5.41 Å². The van der Waals surface area contributed by atoms with Crippen LogP contribution in [0.5, 0.6) is 0 Å². The molecule has 0 radical (unpaired) electrons. The van der Waals surface area contributed by atoms with Crippen molar-refractivity contribution in [3.05, 3.63) is 23.8 Å². The van der Waals surface area contributed by atoms with Gasteiger partial charge in [-0.2, -0.15) is 0 Å². The molecular formula is C12H19N. The van der Waals surface area contributed by atoms with Crippen molar-refractivity contribution in [2.45, 2.75) is 39.5 Å². The summed E-state index contributed by atoms with van der Waals surface area (Å²) in [5.74, 6) is 0.586. The first kappa shape index (κ1) is 10.2. The molecular weight excluding hydrogens is 158 g/mol. The third kappa shape index (κ3) is 3.17. The van der Waals surface area contributed by atoms with Crippen LogP contribution in [-0.4, -0.2) is 5.71 Å².